The van der Waals surface area contributed by atoms with Crippen molar-refractivity contribution in [1.82, 2.24) is 9.66 Å². The average molecular weight is 405 g/mol. The van der Waals surface area contributed by atoms with Crippen molar-refractivity contribution < 1.29 is 4.74 Å². The molecule has 0 spiro atoms. The first-order chi connectivity index (χ1) is 11.8. The van der Waals surface area contributed by atoms with Gasteiger partial charge in [-0.25, -0.2) is 4.68 Å². The highest BCUT2D eigenvalue weighted by Gasteiger charge is 2.10. The predicted octanol–water partition coefficient (Wildman–Crippen LogP) is 3.74. The van der Waals surface area contributed by atoms with Crippen molar-refractivity contribution >= 4 is 33.5 Å². The molecule has 124 valence electrons. The third kappa shape index (κ3) is 3.92. The Morgan fingerprint density at radius 3 is 2.92 bits per heavy atom. The average Bonchev–Trinajstić information content (AvgIpc) is 3.23. The van der Waals surface area contributed by atoms with Gasteiger partial charge in [-0.05, 0) is 18.2 Å². The zero-order chi connectivity index (χ0) is 16.8. The number of benzene rings is 1. The van der Waals surface area contributed by atoms with E-state index in [1.165, 1.54) is 0 Å². The number of halogens is 1. The van der Waals surface area contributed by atoms with Crippen LogP contribution in [0.5, 0.6) is 0 Å². The Bertz CT molecular complexity index is 880. The number of rotatable bonds is 6. The van der Waals surface area contributed by atoms with E-state index in [1.54, 1.807) is 24.7 Å². The van der Waals surface area contributed by atoms with Crippen molar-refractivity contribution in [3.05, 3.63) is 62.9 Å². The van der Waals surface area contributed by atoms with Crippen molar-refractivity contribution in [2.24, 2.45) is 10.1 Å². The lowest BCUT2D eigenvalue weighted by Crippen LogP contribution is -2.14. The first kappa shape index (κ1) is 16.9. The molecule has 3 aromatic rings. The number of aromatic nitrogens is 2. The van der Waals surface area contributed by atoms with Gasteiger partial charge >= 0.3 is 0 Å². The number of thiazole rings is 1. The number of aromatic amines is 1. The number of methoxy groups -OCH3 is 1. The SMILES string of the molecule is COCCN=c1scc(-c2ccccc2Br)n1/N=C/c1ccc[nH]1. The molecule has 0 bridgehead atoms. The third-order valence-corrected chi connectivity index (χ3v) is 4.86. The predicted molar refractivity (Wildman–Crippen MR) is 102 cm³/mol. The molecular weight excluding hydrogens is 388 g/mol. The Morgan fingerprint density at radius 1 is 1.29 bits per heavy atom. The van der Waals surface area contributed by atoms with Crippen molar-refractivity contribution in [1.29, 1.82) is 0 Å². The number of hydrogen-bond acceptors (Lipinski definition) is 4. The highest BCUT2D eigenvalue weighted by molar-refractivity contribution is 9.10. The van der Waals surface area contributed by atoms with E-state index in [2.05, 4.69) is 42.5 Å². The van der Waals surface area contributed by atoms with Gasteiger partial charge in [0.2, 0.25) is 4.80 Å². The van der Waals surface area contributed by atoms with Gasteiger partial charge in [-0.15, -0.1) is 11.3 Å². The van der Waals surface area contributed by atoms with Crippen molar-refractivity contribution in [3.63, 3.8) is 0 Å². The molecule has 0 saturated carbocycles. The smallest absolute Gasteiger partial charge is 0.206 e. The molecule has 2 aromatic heterocycles. The van der Waals surface area contributed by atoms with Crippen LogP contribution in [0.3, 0.4) is 0 Å². The first-order valence-corrected chi connectivity index (χ1v) is 9.09. The molecule has 0 aliphatic rings. The van der Waals surface area contributed by atoms with E-state index in [0.29, 0.717) is 13.2 Å². The normalized spacial score (nSPS) is 12.3. The van der Waals surface area contributed by atoms with E-state index < -0.39 is 0 Å². The molecule has 0 unspecified atom stereocenters. The minimum atomic E-state index is 0.586. The molecule has 3 rings (SSSR count). The Morgan fingerprint density at radius 2 is 2.17 bits per heavy atom. The minimum absolute atomic E-state index is 0.586. The Kier molecular flexibility index (Phi) is 5.79. The Hall–Kier alpha value is -1.96. The van der Waals surface area contributed by atoms with Gasteiger partial charge in [0.1, 0.15) is 0 Å². The van der Waals surface area contributed by atoms with Crippen LogP contribution in [0.1, 0.15) is 5.69 Å². The minimum Gasteiger partial charge on any atom is -0.383 e. The molecule has 0 amide bonds. The van der Waals surface area contributed by atoms with Gasteiger partial charge < -0.3 is 9.72 Å². The van der Waals surface area contributed by atoms with Crippen LogP contribution in [0, 0.1) is 0 Å². The quantitative estimate of drug-likeness (QED) is 0.493. The fraction of sp³-hybridized carbons (Fsp3) is 0.176. The molecule has 0 aliphatic carbocycles. The second kappa shape index (κ2) is 8.23. The van der Waals surface area contributed by atoms with E-state index in [9.17, 15) is 0 Å². The highest BCUT2D eigenvalue weighted by atomic mass is 79.9. The summed E-state index contributed by atoms with van der Waals surface area (Å²) in [5, 5.41) is 6.69. The summed E-state index contributed by atoms with van der Waals surface area (Å²) in [7, 11) is 1.67. The molecule has 0 atom stereocenters. The second-order valence-corrected chi connectivity index (χ2v) is 6.63. The standard InChI is InChI=1S/C17H17BrN4OS/c1-23-10-9-20-17-22(21-11-13-5-4-8-19-13)16(12-24-17)14-6-2-3-7-15(14)18/h2-8,11-12,19H,9-10H2,1H3/b20-17?,21-11+. The summed E-state index contributed by atoms with van der Waals surface area (Å²) < 4.78 is 7.97. The van der Waals surface area contributed by atoms with Gasteiger partial charge in [0.25, 0.3) is 0 Å². The summed E-state index contributed by atoms with van der Waals surface area (Å²) in [6.45, 7) is 1.19. The van der Waals surface area contributed by atoms with Gasteiger partial charge in [-0.3, -0.25) is 4.99 Å². The number of ether oxygens (including phenoxy) is 1. The molecule has 24 heavy (non-hydrogen) atoms. The van der Waals surface area contributed by atoms with Crippen LogP contribution in [-0.4, -0.2) is 36.1 Å². The lowest BCUT2D eigenvalue weighted by molar-refractivity contribution is 0.207. The van der Waals surface area contributed by atoms with Crippen LogP contribution in [0.4, 0.5) is 0 Å². The number of nitrogens with one attached hydrogen (secondary N) is 1. The first-order valence-electron chi connectivity index (χ1n) is 7.42. The van der Waals surface area contributed by atoms with Crippen molar-refractivity contribution in [2.45, 2.75) is 0 Å². The molecule has 0 fully saturated rings. The van der Waals surface area contributed by atoms with Gasteiger partial charge in [0, 0.05) is 28.7 Å². The van der Waals surface area contributed by atoms with Crippen molar-refractivity contribution in [2.75, 3.05) is 20.3 Å². The molecular formula is C17H17BrN4OS. The van der Waals surface area contributed by atoms with E-state index in [-0.39, 0.29) is 0 Å². The summed E-state index contributed by atoms with van der Waals surface area (Å²) in [4.78, 5) is 8.55. The fourth-order valence-corrected chi connectivity index (χ4v) is 3.49. The van der Waals surface area contributed by atoms with Gasteiger partial charge in [-0.2, -0.15) is 5.10 Å². The van der Waals surface area contributed by atoms with Gasteiger partial charge in [-0.1, -0.05) is 34.1 Å². The summed E-state index contributed by atoms with van der Waals surface area (Å²) in [5.74, 6) is 0. The maximum atomic E-state index is 5.08. The molecule has 7 heteroatoms. The van der Waals surface area contributed by atoms with Crippen LogP contribution < -0.4 is 4.80 Å². The van der Waals surface area contributed by atoms with Gasteiger partial charge in [0.05, 0.1) is 30.8 Å². The van der Waals surface area contributed by atoms with Crippen LogP contribution in [-0.2, 0) is 4.74 Å². The maximum absolute atomic E-state index is 5.08. The summed E-state index contributed by atoms with van der Waals surface area (Å²) in [6, 6.07) is 12.0. The Labute approximate surface area is 152 Å². The van der Waals surface area contributed by atoms with Crippen LogP contribution in [0.25, 0.3) is 11.3 Å². The third-order valence-electron chi connectivity index (χ3n) is 3.31. The second-order valence-electron chi connectivity index (χ2n) is 4.94. The fourth-order valence-electron chi connectivity index (χ4n) is 2.15. The zero-order valence-corrected chi connectivity index (χ0v) is 15.5. The van der Waals surface area contributed by atoms with Crippen LogP contribution in [0.2, 0.25) is 0 Å². The van der Waals surface area contributed by atoms with E-state index in [1.807, 2.05) is 41.2 Å². The molecule has 0 radical (unpaired) electrons. The molecule has 0 aliphatic heterocycles. The lowest BCUT2D eigenvalue weighted by atomic mass is 10.2. The van der Waals surface area contributed by atoms with Crippen LogP contribution >= 0.6 is 27.3 Å². The monoisotopic (exact) mass is 404 g/mol. The van der Waals surface area contributed by atoms with E-state index in [4.69, 9.17) is 4.74 Å². The molecule has 0 saturated heterocycles. The van der Waals surface area contributed by atoms with Crippen molar-refractivity contribution in [3.8, 4) is 11.3 Å². The molecule has 1 aromatic carbocycles. The van der Waals surface area contributed by atoms with E-state index >= 15 is 0 Å². The van der Waals surface area contributed by atoms with Gasteiger partial charge in [0.15, 0.2) is 0 Å². The van der Waals surface area contributed by atoms with E-state index in [0.717, 1.165) is 26.2 Å². The topological polar surface area (TPSA) is 54.7 Å². The number of hydrogen-bond donors (Lipinski definition) is 1. The Balaban J connectivity index is 2.06. The summed E-state index contributed by atoms with van der Waals surface area (Å²) >= 11 is 5.18. The maximum Gasteiger partial charge on any atom is 0.206 e. The highest BCUT2D eigenvalue weighted by Crippen LogP contribution is 2.28. The summed E-state index contributed by atoms with van der Waals surface area (Å²) in [6.07, 6.45) is 3.67. The molecule has 5 nitrogen and oxygen atoms in total. The number of nitrogens with zero attached hydrogens (tertiary/aromatic N) is 3. The summed E-state index contributed by atoms with van der Waals surface area (Å²) in [5.41, 5.74) is 3.01. The zero-order valence-electron chi connectivity index (χ0n) is 13.1. The number of H-pyrrole nitrogens is 1. The lowest BCUT2D eigenvalue weighted by Gasteiger charge is -2.05. The molecule has 2 heterocycles. The molecule has 1 N–H and O–H groups in total. The van der Waals surface area contributed by atoms with Crippen LogP contribution in [0.15, 0.2) is 62.5 Å². The largest absolute Gasteiger partial charge is 0.383 e.